The zero-order valence-corrected chi connectivity index (χ0v) is 25.8. The number of hydrogen-bond donors (Lipinski definition) is 0. The van der Waals surface area contributed by atoms with Crippen LogP contribution in [-0.2, 0) is 16.1 Å². The zero-order valence-electron chi connectivity index (χ0n) is 24.3. The van der Waals surface area contributed by atoms with E-state index in [9.17, 15) is 9.59 Å². The Morgan fingerprint density at radius 2 is 1.79 bits per heavy atom. The van der Waals surface area contributed by atoms with Crippen LogP contribution in [0.1, 0.15) is 43.5 Å². The van der Waals surface area contributed by atoms with Gasteiger partial charge in [-0.05, 0) is 68.3 Å². The molecule has 0 bridgehead atoms. The van der Waals surface area contributed by atoms with E-state index >= 15 is 0 Å². The summed E-state index contributed by atoms with van der Waals surface area (Å²) in [5.41, 5.74) is 2.91. The summed E-state index contributed by atoms with van der Waals surface area (Å²) in [5.74, 6) is 1.27. The lowest BCUT2D eigenvalue weighted by atomic mass is 9.96. The number of methoxy groups -OCH3 is 1. The fraction of sp³-hybridized carbons (Fsp3) is 0.242. The second-order valence-corrected chi connectivity index (χ2v) is 11.0. The molecule has 0 spiro atoms. The molecule has 0 saturated carbocycles. The molecule has 0 amide bonds. The van der Waals surface area contributed by atoms with Crippen molar-refractivity contribution in [3.8, 4) is 17.2 Å². The SMILES string of the molecule is CCOC(=O)C1=C(C)N=c2s/c(=C\c3ccc(OCc4ccccc4Cl)c(OCC)c3)c(=O)n2[C@H]1c1ccc(OC)cc1. The minimum Gasteiger partial charge on any atom is -0.497 e. The number of benzene rings is 3. The molecule has 222 valence electrons. The number of carbonyl (C=O) groups excluding carboxylic acids is 1. The van der Waals surface area contributed by atoms with Gasteiger partial charge in [-0.2, -0.15) is 0 Å². The van der Waals surface area contributed by atoms with E-state index in [1.807, 2.05) is 61.5 Å². The molecule has 2 heterocycles. The third-order valence-electron chi connectivity index (χ3n) is 6.85. The average molecular weight is 619 g/mol. The lowest BCUT2D eigenvalue weighted by Crippen LogP contribution is -2.39. The monoisotopic (exact) mass is 618 g/mol. The van der Waals surface area contributed by atoms with Crippen LogP contribution in [0.25, 0.3) is 6.08 Å². The lowest BCUT2D eigenvalue weighted by molar-refractivity contribution is -0.139. The van der Waals surface area contributed by atoms with Gasteiger partial charge in [-0.15, -0.1) is 0 Å². The van der Waals surface area contributed by atoms with E-state index in [4.69, 9.17) is 30.5 Å². The lowest BCUT2D eigenvalue weighted by Gasteiger charge is -2.24. The molecule has 0 radical (unpaired) electrons. The summed E-state index contributed by atoms with van der Waals surface area (Å²) in [6, 6.07) is 19.6. The van der Waals surface area contributed by atoms with Gasteiger partial charge in [-0.3, -0.25) is 9.36 Å². The number of ether oxygens (including phenoxy) is 4. The van der Waals surface area contributed by atoms with Crippen molar-refractivity contribution in [2.75, 3.05) is 20.3 Å². The number of nitrogens with zero attached hydrogens (tertiary/aromatic N) is 2. The van der Waals surface area contributed by atoms with Crippen LogP contribution in [0.5, 0.6) is 17.2 Å². The van der Waals surface area contributed by atoms with Crippen LogP contribution in [-0.4, -0.2) is 30.9 Å². The number of allylic oxidation sites excluding steroid dienone is 1. The van der Waals surface area contributed by atoms with Crippen molar-refractivity contribution in [2.45, 2.75) is 33.4 Å². The number of thiazole rings is 1. The Kier molecular flexibility index (Phi) is 9.33. The number of esters is 1. The smallest absolute Gasteiger partial charge is 0.338 e. The molecule has 0 aliphatic carbocycles. The van der Waals surface area contributed by atoms with Crippen LogP contribution < -0.4 is 29.1 Å². The van der Waals surface area contributed by atoms with Crippen LogP contribution >= 0.6 is 22.9 Å². The molecule has 0 N–H and O–H groups in total. The number of fused-ring (bicyclic) bond motifs is 1. The summed E-state index contributed by atoms with van der Waals surface area (Å²) in [4.78, 5) is 32.2. The van der Waals surface area contributed by atoms with Crippen LogP contribution in [0.3, 0.4) is 0 Å². The molecule has 1 aliphatic rings. The maximum absolute atomic E-state index is 13.9. The summed E-state index contributed by atoms with van der Waals surface area (Å²) >= 11 is 7.55. The second kappa shape index (κ2) is 13.3. The van der Waals surface area contributed by atoms with Crippen LogP contribution in [0.15, 0.2) is 87.8 Å². The number of halogens is 1. The molecule has 0 unspecified atom stereocenters. The summed E-state index contributed by atoms with van der Waals surface area (Å²) in [7, 11) is 1.58. The standard InChI is InChI=1S/C33H31ClN2O6S/c1-5-40-27-17-21(11-16-26(27)42-19-23-9-7-8-10-25(23)34)18-28-31(37)36-30(22-12-14-24(39-4)15-13-22)29(32(38)41-6-2)20(3)35-33(36)43-28/h7-18,30H,5-6,19H2,1-4H3/b28-18-/t30-/m0/s1. The van der Waals surface area contributed by atoms with E-state index in [1.165, 1.54) is 11.3 Å². The molecule has 43 heavy (non-hydrogen) atoms. The van der Waals surface area contributed by atoms with Gasteiger partial charge in [0.15, 0.2) is 16.3 Å². The third-order valence-corrected chi connectivity index (χ3v) is 8.21. The van der Waals surface area contributed by atoms with Gasteiger partial charge in [0, 0.05) is 10.6 Å². The molecule has 0 saturated heterocycles. The highest BCUT2D eigenvalue weighted by atomic mass is 35.5. The summed E-state index contributed by atoms with van der Waals surface area (Å²) in [6.45, 7) is 6.32. The van der Waals surface area contributed by atoms with Gasteiger partial charge in [0.25, 0.3) is 5.56 Å². The third kappa shape index (κ3) is 6.38. The van der Waals surface area contributed by atoms with Crippen molar-refractivity contribution in [3.63, 3.8) is 0 Å². The highest BCUT2D eigenvalue weighted by Gasteiger charge is 2.33. The van der Waals surface area contributed by atoms with Gasteiger partial charge in [0.1, 0.15) is 12.4 Å². The van der Waals surface area contributed by atoms with Gasteiger partial charge < -0.3 is 18.9 Å². The van der Waals surface area contributed by atoms with Crippen LogP contribution in [0, 0.1) is 0 Å². The average Bonchev–Trinajstić information content (AvgIpc) is 3.30. The minimum absolute atomic E-state index is 0.204. The first-order valence-electron chi connectivity index (χ1n) is 13.8. The largest absolute Gasteiger partial charge is 0.497 e. The highest BCUT2D eigenvalue weighted by molar-refractivity contribution is 7.07. The van der Waals surface area contributed by atoms with Gasteiger partial charge in [-0.25, -0.2) is 9.79 Å². The topological polar surface area (TPSA) is 88.4 Å². The Morgan fingerprint density at radius 1 is 1.02 bits per heavy atom. The van der Waals surface area contributed by atoms with E-state index in [0.717, 1.165) is 16.7 Å². The van der Waals surface area contributed by atoms with E-state index in [1.54, 1.807) is 43.7 Å². The maximum Gasteiger partial charge on any atom is 0.338 e. The molecule has 1 atom stereocenters. The Balaban J connectivity index is 1.56. The molecule has 4 aromatic rings. The summed E-state index contributed by atoms with van der Waals surface area (Å²) in [6.07, 6.45) is 1.79. The second-order valence-electron chi connectivity index (χ2n) is 9.59. The number of rotatable bonds is 10. The van der Waals surface area contributed by atoms with Crippen LogP contribution in [0.2, 0.25) is 5.02 Å². The molecule has 1 aliphatic heterocycles. The summed E-state index contributed by atoms with van der Waals surface area (Å²) < 4.78 is 24.6. The predicted octanol–water partition coefficient (Wildman–Crippen LogP) is 5.44. The van der Waals surface area contributed by atoms with E-state index in [2.05, 4.69) is 4.99 Å². The van der Waals surface area contributed by atoms with Crippen molar-refractivity contribution in [2.24, 2.45) is 4.99 Å². The highest BCUT2D eigenvalue weighted by Crippen LogP contribution is 2.32. The predicted molar refractivity (Wildman–Crippen MR) is 167 cm³/mol. The van der Waals surface area contributed by atoms with Crippen molar-refractivity contribution in [1.82, 2.24) is 4.57 Å². The molecule has 5 rings (SSSR count). The van der Waals surface area contributed by atoms with Crippen molar-refractivity contribution in [3.05, 3.63) is 119 Å². The first-order valence-corrected chi connectivity index (χ1v) is 15.0. The van der Waals surface area contributed by atoms with E-state index in [0.29, 0.717) is 49.5 Å². The van der Waals surface area contributed by atoms with Crippen molar-refractivity contribution in [1.29, 1.82) is 0 Å². The number of carbonyl (C=O) groups is 1. The van der Waals surface area contributed by atoms with Gasteiger partial charge in [-0.1, -0.05) is 59.3 Å². The van der Waals surface area contributed by atoms with Crippen molar-refractivity contribution >= 4 is 35.0 Å². The summed E-state index contributed by atoms with van der Waals surface area (Å²) in [5, 5.41) is 0.627. The normalized spacial score (nSPS) is 14.6. The molecule has 0 fully saturated rings. The fourth-order valence-corrected chi connectivity index (χ4v) is 6.05. The van der Waals surface area contributed by atoms with Gasteiger partial charge in [0.2, 0.25) is 0 Å². The van der Waals surface area contributed by atoms with Crippen LogP contribution in [0.4, 0.5) is 0 Å². The fourth-order valence-electron chi connectivity index (χ4n) is 4.82. The molecule has 1 aromatic heterocycles. The van der Waals surface area contributed by atoms with Gasteiger partial charge in [0.05, 0.1) is 42.2 Å². The van der Waals surface area contributed by atoms with E-state index in [-0.39, 0.29) is 18.8 Å². The maximum atomic E-state index is 13.9. The minimum atomic E-state index is -0.706. The Morgan fingerprint density at radius 3 is 2.49 bits per heavy atom. The Bertz CT molecular complexity index is 1860. The quantitative estimate of drug-likeness (QED) is 0.220. The van der Waals surface area contributed by atoms with E-state index < -0.39 is 12.0 Å². The first kappa shape index (κ1) is 30.1. The molecular formula is C33H31ClN2O6S. The zero-order chi connectivity index (χ0) is 30.5. The Labute approximate surface area is 258 Å². The molecule has 10 heteroatoms. The molecule has 3 aromatic carbocycles. The molecular weight excluding hydrogens is 588 g/mol. The first-order chi connectivity index (χ1) is 20.8. The number of aromatic nitrogens is 1. The van der Waals surface area contributed by atoms with Gasteiger partial charge >= 0.3 is 5.97 Å². The Hall–Kier alpha value is -4.34. The molecule has 8 nitrogen and oxygen atoms in total. The van der Waals surface area contributed by atoms with Crippen molar-refractivity contribution < 1.29 is 23.7 Å². The number of hydrogen-bond acceptors (Lipinski definition) is 8.